The fraction of sp³-hybridized carbons (Fsp3) is 0.176. The lowest BCUT2D eigenvalue weighted by Crippen LogP contribution is -2.22. The third-order valence-corrected chi connectivity index (χ3v) is 11.1. The van der Waals surface area contributed by atoms with E-state index in [1.165, 1.54) is 93.6 Å². The quantitative estimate of drug-likeness (QED) is 0.181. The predicted octanol–water partition coefficient (Wildman–Crippen LogP) is 11.3. The summed E-state index contributed by atoms with van der Waals surface area (Å²) in [5, 5.41) is 6.01. The third kappa shape index (κ3) is 5.93. The smallest absolute Gasteiger partial charge is 0.0159 e. The van der Waals surface area contributed by atoms with Gasteiger partial charge in [-0.05, 0) is 147 Å². The second kappa shape index (κ2) is 12.7. The van der Waals surface area contributed by atoms with Crippen molar-refractivity contribution < 1.29 is 0 Å². The Morgan fingerprint density at radius 3 is 2.22 bits per heavy atom. The first-order valence-corrected chi connectivity index (χ1v) is 18.3. The minimum atomic E-state index is -0.162. The van der Waals surface area contributed by atoms with Crippen LogP contribution in [-0.4, -0.2) is 0 Å². The van der Waals surface area contributed by atoms with Gasteiger partial charge in [-0.15, -0.1) is 0 Å². The summed E-state index contributed by atoms with van der Waals surface area (Å²) >= 11 is 0. The topological polar surface area (TPSA) is 0 Å². The molecule has 0 amide bonds. The van der Waals surface area contributed by atoms with Gasteiger partial charge in [0.15, 0.2) is 0 Å². The van der Waals surface area contributed by atoms with E-state index in [0.29, 0.717) is 5.92 Å². The third-order valence-electron chi connectivity index (χ3n) is 11.1. The molecule has 1 atom stereocenters. The van der Waals surface area contributed by atoms with Gasteiger partial charge in [0.1, 0.15) is 0 Å². The average molecular weight is 659 g/mol. The molecule has 0 radical (unpaired) electrons. The molecule has 0 spiro atoms. The summed E-state index contributed by atoms with van der Waals surface area (Å²) in [5.41, 5.74) is 16.6. The van der Waals surface area contributed by atoms with Crippen molar-refractivity contribution in [1.29, 1.82) is 0 Å². The van der Waals surface area contributed by atoms with Gasteiger partial charge in [-0.1, -0.05) is 146 Å². The Hall–Kier alpha value is -5.46. The Balaban J connectivity index is 1.26. The van der Waals surface area contributed by atoms with Crippen molar-refractivity contribution in [2.45, 2.75) is 59.3 Å². The first kappa shape index (κ1) is 32.7. The fourth-order valence-electron chi connectivity index (χ4n) is 8.48. The Kier molecular flexibility index (Phi) is 8.15. The lowest BCUT2D eigenvalue weighted by atomic mass is 9.80. The number of benzene rings is 4. The number of hydrogen-bond donors (Lipinski definition) is 0. The molecule has 5 aromatic carbocycles. The summed E-state index contributed by atoms with van der Waals surface area (Å²) in [6.45, 7) is 18.0. The molecule has 0 N–H and O–H groups in total. The van der Waals surface area contributed by atoms with Crippen LogP contribution in [0.2, 0.25) is 0 Å². The second-order valence-electron chi connectivity index (χ2n) is 15.3. The number of allylic oxidation sites excluding steroid dienone is 7. The molecule has 250 valence electrons. The molecule has 3 aliphatic rings. The van der Waals surface area contributed by atoms with Crippen molar-refractivity contribution in [2.75, 3.05) is 0 Å². The summed E-state index contributed by atoms with van der Waals surface area (Å²) < 4.78 is 0. The van der Waals surface area contributed by atoms with E-state index in [1.54, 1.807) is 0 Å². The molecule has 0 aliphatic heterocycles. The zero-order chi connectivity index (χ0) is 35.4. The standard InChI is InChI=1S/C51H46/c1-8-10-37-16-14-36-23-33(3)13-15-38(27-35(5)46(37)28-36)39-19-21-44-45-22-20-43(31-50(45)51(6,7)49(44)30-39)47-26-32(2)11-9-12-40-24-34(4)25-41-17-18-42(47)29-48(40)41/h8-11,13-31,40H,5,12H2,1-4,6-7H3/b10-8+,11-9-,15-13?,32-26?,33-23?,38-27?,47-42?. The van der Waals surface area contributed by atoms with Crippen LogP contribution in [0.1, 0.15) is 80.3 Å². The van der Waals surface area contributed by atoms with Gasteiger partial charge < -0.3 is 0 Å². The maximum Gasteiger partial charge on any atom is 0.0159 e. The van der Waals surface area contributed by atoms with Gasteiger partial charge in [0.2, 0.25) is 0 Å². The van der Waals surface area contributed by atoms with Crippen molar-refractivity contribution in [1.82, 2.24) is 0 Å². The molecular formula is C51H46. The van der Waals surface area contributed by atoms with Crippen molar-refractivity contribution in [2.24, 2.45) is 0 Å². The van der Waals surface area contributed by atoms with E-state index in [4.69, 9.17) is 0 Å². The van der Waals surface area contributed by atoms with Crippen molar-refractivity contribution >= 4 is 35.1 Å². The normalized spacial score (nSPS) is 17.6. The van der Waals surface area contributed by atoms with Gasteiger partial charge in [-0.3, -0.25) is 0 Å². The van der Waals surface area contributed by atoms with E-state index in [0.717, 1.165) is 11.6 Å². The molecule has 0 heteroatoms. The number of fused-ring (bicyclic) bond motifs is 6. The van der Waals surface area contributed by atoms with Crippen LogP contribution in [0.15, 0.2) is 139 Å². The average Bonchev–Trinajstić information content (AvgIpc) is 3.34. The van der Waals surface area contributed by atoms with E-state index < -0.39 is 0 Å². The molecule has 51 heavy (non-hydrogen) atoms. The Bertz CT molecular complexity index is 2630. The van der Waals surface area contributed by atoms with Crippen LogP contribution in [-0.2, 0) is 5.41 Å². The highest BCUT2D eigenvalue weighted by molar-refractivity contribution is 5.87. The summed E-state index contributed by atoms with van der Waals surface area (Å²) in [5.74, 6) is 0.408. The number of hydrogen-bond acceptors (Lipinski definition) is 0. The van der Waals surface area contributed by atoms with Crippen LogP contribution in [0.5, 0.6) is 0 Å². The van der Waals surface area contributed by atoms with Gasteiger partial charge in [0.05, 0.1) is 0 Å². The summed E-state index contributed by atoms with van der Waals surface area (Å²) in [4.78, 5) is 0. The SMILES string of the molecule is C=c1cc(-c2ccc3c(c2)C(C)(C)c2cc(C4=c5ccc6c(c5)C(C=C(C)C=6)C/C=C\C(C)=C4)ccc2-3)ccc(C)cc2ccc(/C=C/C)c1c2. The Labute approximate surface area is 303 Å². The summed E-state index contributed by atoms with van der Waals surface area (Å²) in [7, 11) is 0. The van der Waals surface area contributed by atoms with Crippen molar-refractivity contribution in [3.8, 4) is 22.3 Å². The molecule has 0 saturated carbocycles. The predicted molar refractivity (Wildman–Crippen MR) is 221 cm³/mol. The molecule has 1 unspecified atom stereocenters. The molecule has 8 rings (SSSR count). The Morgan fingerprint density at radius 2 is 1.43 bits per heavy atom. The zero-order valence-corrected chi connectivity index (χ0v) is 30.8. The van der Waals surface area contributed by atoms with Gasteiger partial charge in [0, 0.05) is 11.3 Å². The number of aryl methyl sites for hydroxylation is 1. The van der Waals surface area contributed by atoms with Crippen LogP contribution in [0.4, 0.5) is 0 Å². The fourth-order valence-corrected chi connectivity index (χ4v) is 8.48. The molecule has 5 aromatic rings. The molecule has 0 fully saturated rings. The van der Waals surface area contributed by atoms with Crippen molar-refractivity contribution in [3.63, 3.8) is 0 Å². The molecular weight excluding hydrogens is 613 g/mol. The molecule has 3 aliphatic carbocycles. The van der Waals surface area contributed by atoms with Crippen LogP contribution < -0.4 is 15.7 Å². The first-order chi connectivity index (χ1) is 24.6. The Morgan fingerprint density at radius 1 is 0.706 bits per heavy atom. The zero-order valence-electron chi connectivity index (χ0n) is 30.8. The highest BCUT2D eigenvalue weighted by Crippen LogP contribution is 2.50. The monoisotopic (exact) mass is 658 g/mol. The van der Waals surface area contributed by atoms with Gasteiger partial charge in [-0.2, -0.15) is 0 Å². The highest BCUT2D eigenvalue weighted by Gasteiger charge is 2.36. The highest BCUT2D eigenvalue weighted by atomic mass is 14.4. The second-order valence-corrected chi connectivity index (χ2v) is 15.3. The molecule has 0 saturated heterocycles. The lowest BCUT2D eigenvalue weighted by molar-refractivity contribution is 0.660. The van der Waals surface area contributed by atoms with E-state index in [-0.39, 0.29) is 5.41 Å². The summed E-state index contributed by atoms with van der Waals surface area (Å²) in [6, 6.07) is 36.9. The summed E-state index contributed by atoms with van der Waals surface area (Å²) in [6.07, 6.45) is 17.1. The van der Waals surface area contributed by atoms with Crippen LogP contribution in [0.3, 0.4) is 0 Å². The molecule has 0 heterocycles. The van der Waals surface area contributed by atoms with Crippen LogP contribution in [0, 0.1) is 6.92 Å². The maximum absolute atomic E-state index is 4.56. The van der Waals surface area contributed by atoms with E-state index in [1.807, 2.05) is 0 Å². The molecule has 0 aromatic heterocycles. The maximum atomic E-state index is 4.56. The van der Waals surface area contributed by atoms with E-state index in [2.05, 4.69) is 188 Å². The minimum Gasteiger partial charge on any atom is -0.0911 e. The molecule has 4 bridgehead atoms. The lowest BCUT2D eigenvalue weighted by Gasteiger charge is -2.23. The van der Waals surface area contributed by atoms with Crippen molar-refractivity contribution in [3.05, 3.63) is 188 Å². The molecule has 0 nitrogen and oxygen atoms in total. The van der Waals surface area contributed by atoms with E-state index >= 15 is 0 Å². The van der Waals surface area contributed by atoms with Crippen LogP contribution in [0.25, 0.3) is 57.3 Å². The van der Waals surface area contributed by atoms with E-state index in [9.17, 15) is 0 Å². The van der Waals surface area contributed by atoms with Gasteiger partial charge in [0.25, 0.3) is 0 Å². The number of rotatable bonds is 3. The minimum absolute atomic E-state index is 0.162. The van der Waals surface area contributed by atoms with Gasteiger partial charge in [-0.25, -0.2) is 0 Å². The largest absolute Gasteiger partial charge is 0.0911 e. The van der Waals surface area contributed by atoms with Gasteiger partial charge >= 0.3 is 0 Å². The first-order valence-electron chi connectivity index (χ1n) is 18.3. The van der Waals surface area contributed by atoms with Crippen LogP contribution >= 0.6 is 0 Å².